The van der Waals surface area contributed by atoms with Gasteiger partial charge in [-0.2, -0.15) is 0 Å². The number of carbonyl (C=O) groups is 2. The van der Waals surface area contributed by atoms with E-state index in [0.717, 1.165) is 53.1 Å². The van der Waals surface area contributed by atoms with Crippen LogP contribution in [0.4, 0.5) is 5.69 Å². The first-order chi connectivity index (χ1) is 25.6. The highest BCUT2D eigenvalue weighted by molar-refractivity contribution is 7.92. The fourth-order valence-corrected chi connectivity index (χ4v) is 8.15. The minimum Gasteiger partial charge on any atom is -0.497 e. The number of amides is 2. The average molecular weight is 744 g/mol. The summed E-state index contributed by atoms with van der Waals surface area (Å²) in [6, 6.07) is 25.2. The Kier molecular flexibility index (Phi) is 13.2. The molecule has 53 heavy (non-hydrogen) atoms. The van der Waals surface area contributed by atoms with Crippen LogP contribution in [-0.2, 0) is 32.6 Å². The maximum atomic E-state index is 15.0. The molecular weight excluding hydrogens is 695 g/mol. The standard InChI is InChI=1S/C41H49N3O8S/c1-29-13-12-16-31(23-29)27-43(36(24-30-14-8-6-9-15-30)41(46)42-32-17-10-7-11-18-32)40(45)28-44(35-25-33(49-2)19-21-37(35)50-3)53(47,48)34-20-22-38(51-4)39(26-34)52-5/h6,8-9,12-16,19-23,25-26,32,36H,7,10-11,17-18,24,27-28H2,1-5H3,(H,42,46)/t36-/m0/s1. The fraction of sp³-hybridized carbons (Fsp3) is 0.366. The lowest BCUT2D eigenvalue weighted by atomic mass is 9.94. The topological polar surface area (TPSA) is 124 Å². The summed E-state index contributed by atoms with van der Waals surface area (Å²) in [6.07, 6.45) is 5.11. The van der Waals surface area contributed by atoms with Crippen molar-refractivity contribution in [2.24, 2.45) is 0 Å². The molecule has 0 heterocycles. The van der Waals surface area contributed by atoms with Crippen molar-refractivity contribution in [3.63, 3.8) is 0 Å². The molecule has 0 spiro atoms. The Bertz CT molecular complexity index is 1970. The molecule has 1 saturated carbocycles. The number of benzene rings is 4. The lowest BCUT2D eigenvalue weighted by molar-refractivity contribution is -0.140. The molecule has 0 bridgehead atoms. The van der Waals surface area contributed by atoms with E-state index in [-0.39, 0.29) is 47.0 Å². The van der Waals surface area contributed by atoms with E-state index in [0.29, 0.717) is 11.5 Å². The lowest BCUT2D eigenvalue weighted by Crippen LogP contribution is -2.55. The Balaban J connectivity index is 1.64. The Labute approximate surface area is 312 Å². The molecule has 282 valence electrons. The Hall–Kier alpha value is -5.23. The van der Waals surface area contributed by atoms with Gasteiger partial charge in [0.1, 0.15) is 24.1 Å². The van der Waals surface area contributed by atoms with Crippen LogP contribution < -0.4 is 28.6 Å². The highest BCUT2D eigenvalue weighted by atomic mass is 32.2. The van der Waals surface area contributed by atoms with E-state index in [2.05, 4.69) is 5.32 Å². The monoisotopic (exact) mass is 743 g/mol. The van der Waals surface area contributed by atoms with Gasteiger partial charge in [-0.1, -0.05) is 79.4 Å². The number of hydrogen-bond acceptors (Lipinski definition) is 8. The highest BCUT2D eigenvalue weighted by Crippen LogP contribution is 2.38. The van der Waals surface area contributed by atoms with Crippen LogP contribution in [0.1, 0.15) is 48.8 Å². The van der Waals surface area contributed by atoms with Crippen LogP contribution in [0.25, 0.3) is 0 Å². The van der Waals surface area contributed by atoms with Crippen LogP contribution in [0, 0.1) is 6.92 Å². The van der Waals surface area contributed by atoms with Crippen molar-refractivity contribution in [2.75, 3.05) is 39.3 Å². The molecule has 12 heteroatoms. The van der Waals surface area contributed by atoms with E-state index < -0.39 is 28.5 Å². The Morgan fingerprint density at radius 2 is 1.43 bits per heavy atom. The van der Waals surface area contributed by atoms with Crippen LogP contribution >= 0.6 is 0 Å². The van der Waals surface area contributed by atoms with Crippen molar-refractivity contribution >= 4 is 27.5 Å². The minimum atomic E-state index is -4.49. The number of rotatable bonds is 16. The average Bonchev–Trinajstić information content (AvgIpc) is 3.18. The summed E-state index contributed by atoms with van der Waals surface area (Å²) in [5.74, 6) is 0.219. The SMILES string of the molecule is COc1ccc(OC)c(N(CC(=O)N(Cc2cccc(C)c2)[C@@H](Cc2ccccc2)C(=O)NC2CCCCC2)S(=O)(=O)c2ccc(OC)c(OC)c2)c1. The van der Waals surface area contributed by atoms with Gasteiger partial charge in [0.05, 0.1) is 39.0 Å². The largest absolute Gasteiger partial charge is 0.497 e. The number of sulfonamides is 1. The van der Waals surface area contributed by atoms with Gasteiger partial charge in [0, 0.05) is 31.1 Å². The van der Waals surface area contributed by atoms with Gasteiger partial charge >= 0.3 is 0 Å². The number of nitrogens with zero attached hydrogens (tertiary/aromatic N) is 2. The molecule has 1 N–H and O–H groups in total. The van der Waals surface area contributed by atoms with E-state index in [9.17, 15) is 13.2 Å². The van der Waals surface area contributed by atoms with Gasteiger partial charge in [-0.05, 0) is 55.2 Å². The second-order valence-corrected chi connectivity index (χ2v) is 15.0. The molecule has 0 radical (unpaired) electrons. The van der Waals surface area contributed by atoms with Gasteiger partial charge < -0.3 is 29.2 Å². The first kappa shape index (κ1) is 39.0. The van der Waals surface area contributed by atoms with Crippen LogP contribution in [0.15, 0.2) is 95.9 Å². The van der Waals surface area contributed by atoms with E-state index >= 15 is 4.79 Å². The van der Waals surface area contributed by atoms with Gasteiger partial charge in [-0.15, -0.1) is 0 Å². The third-order valence-corrected chi connectivity index (χ3v) is 11.3. The number of carbonyl (C=O) groups excluding carboxylic acids is 2. The van der Waals surface area contributed by atoms with Gasteiger partial charge in [0.25, 0.3) is 10.0 Å². The van der Waals surface area contributed by atoms with Crippen molar-refractivity contribution in [1.29, 1.82) is 0 Å². The maximum Gasteiger partial charge on any atom is 0.265 e. The first-order valence-corrected chi connectivity index (χ1v) is 19.2. The van der Waals surface area contributed by atoms with Crippen LogP contribution in [0.5, 0.6) is 23.0 Å². The summed E-state index contributed by atoms with van der Waals surface area (Å²) in [5, 5.41) is 3.24. The zero-order valence-corrected chi connectivity index (χ0v) is 31.9. The minimum absolute atomic E-state index is 0.00609. The van der Waals surface area contributed by atoms with Crippen LogP contribution in [0.2, 0.25) is 0 Å². The molecule has 4 aromatic carbocycles. The number of aryl methyl sites for hydroxylation is 1. The molecule has 11 nitrogen and oxygen atoms in total. The maximum absolute atomic E-state index is 15.0. The van der Waals surface area contributed by atoms with Gasteiger partial charge in [-0.25, -0.2) is 8.42 Å². The quantitative estimate of drug-likeness (QED) is 0.142. The number of nitrogens with one attached hydrogen (secondary N) is 1. The van der Waals surface area contributed by atoms with Crippen LogP contribution in [0.3, 0.4) is 0 Å². The predicted octanol–water partition coefficient (Wildman–Crippen LogP) is 6.31. The molecule has 0 aliphatic heterocycles. The van der Waals surface area contributed by atoms with Crippen molar-refractivity contribution in [3.8, 4) is 23.0 Å². The third kappa shape index (κ3) is 9.61. The molecule has 5 rings (SSSR count). The van der Waals surface area contributed by atoms with E-state index in [1.165, 1.54) is 57.6 Å². The Morgan fingerprint density at radius 1 is 0.755 bits per heavy atom. The van der Waals surface area contributed by atoms with E-state index in [1.807, 2.05) is 61.5 Å². The zero-order valence-electron chi connectivity index (χ0n) is 31.0. The van der Waals surface area contributed by atoms with Crippen LogP contribution in [-0.4, -0.2) is 72.2 Å². The molecule has 1 aliphatic rings. The van der Waals surface area contributed by atoms with E-state index in [1.54, 1.807) is 12.1 Å². The van der Waals surface area contributed by atoms with Gasteiger partial charge in [0.2, 0.25) is 11.8 Å². The van der Waals surface area contributed by atoms with Gasteiger partial charge in [-0.3, -0.25) is 13.9 Å². The number of anilines is 1. The van der Waals surface area contributed by atoms with Crippen molar-refractivity contribution in [3.05, 3.63) is 108 Å². The molecular formula is C41H49N3O8S. The second-order valence-electron chi connectivity index (χ2n) is 13.1. The van der Waals surface area contributed by atoms with Crippen molar-refractivity contribution in [1.82, 2.24) is 10.2 Å². The molecule has 0 unspecified atom stereocenters. The normalized spacial score (nSPS) is 13.8. The van der Waals surface area contributed by atoms with Crippen molar-refractivity contribution < 1.29 is 37.0 Å². The first-order valence-electron chi connectivity index (χ1n) is 17.7. The third-order valence-electron chi connectivity index (χ3n) is 9.53. The molecule has 0 aromatic heterocycles. The van der Waals surface area contributed by atoms with Gasteiger partial charge in [0.15, 0.2) is 11.5 Å². The molecule has 4 aromatic rings. The number of hydrogen-bond donors (Lipinski definition) is 1. The molecule has 2 amide bonds. The highest BCUT2D eigenvalue weighted by Gasteiger charge is 2.37. The smallest absolute Gasteiger partial charge is 0.265 e. The Morgan fingerprint density at radius 3 is 2.09 bits per heavy atom. The predicted molar refractivity (Wildman–Crippen MR) is 204 cm³/mol. The second kappa shape index (κ2) is 18.0. The lowest BCUT2D eigenvalue weighted by Gasteiger charge is -2.35. The number of ether oxygens (including phenoxy) is 4. The fourth-order valence-electron chi connectivity index (χ4n) is 6.71. The summed E-state index contributed by atoms with van der Waals surface area (Å²) in [4.78, 5) is 30.8. The summed E-state index contributed by atoms with van der Waals surface area (Å²) >= 11 is 0. The molecule has 1 atom stereocenters. The summed E-state index contributed by atoms with van der Waals surface area (Å²) in [6.45, 7) is 1.36. The van der Waals surface area contributed by atoms with Crippen molar-refractivity contribution in [2.45, 2.75) is 69.0 Å². The molecule has 1 aliphatic carbocycles. The summed E-state index contributed by atoms with van der Waals surface area (Å²) in [7, 11) is 1.26. The molecule has 0 saturated heterocycles. The summed E-state index contributed by atoms with van der Waals surface area (Å²) < 4.78 is 52.5. The number of methoxy groups -OCH3 is 4. The summed E-state index contributed by atoms with van der Waals surface area (Å²) in [5.41, 5.74) is 2.73. The van der Waals surface area contributed by atoms with E-state index in [4.69, 9.17) is 18.9 Å². The zero-order chi connectivity index (χ0) is 38.0. The molecule has 1 fully saturated rings.